The Morgan fingerprint density at radius 1 is 1.48 bits per heavy atom. The summed E-state index contributed by atoms with van der Waals surface area (Å²) in [5, 5.41) is 29.3. The molecule has 0 amide bonds. The van der Waals surface area contributed by atoms with E-state index in [1.165, 1.54) is 10.9 Å². The monoisotopic (exact) mass is 379 g/mol. The largest absolute Gasteiger partial charge is 0.394 e. The van der Waals surface area contributed by atoms with Gasteiger partial charge in [0.05, 0.1) is 6.61 Å². The van der Waals surface area contributed by atoms with Crippen molar-refractivity contribution in [2.45, 2.75) is 22.9 Å². The Morgan fingerprint density at radius 2 is 2.19 bits per heavy atom. The highest BCUT2D eigenvalue weighted by molar-refractivity contribution is 9.09. The lowest BCUT2D eigenvalue weighted by Gasteiger charge is -2.27. The van der Waals surface area contributed by atoms with Gasteiger partial charge in [0.25, 0.3) is 0 Å². The average molecular weight is 381 g/mol. The van der Waals surface area contributed by atoms with Gasteiger partial charge >= 0.3 is 0 Å². The van der Waals surface area contributed by atoms with E-state index in [9.17, 15) is 15.3 Å². The van der Waals surface area contributed by atoms with E-state index in [1.54, 1.807) is 0 Å². The van der Waals surface area contributed by atoms with Crippen molar-refractivity contribution in [3.8, 4) is 0 Å². The Hall–Kier alpha value is -1.04. The fourth-order valence-corrected chi connectivity index (χ4v) is 3.49. The van der Waals surface area contributed by atoms with E-state index in [0.717, 1.165) is 0 Å². The van der Waals surface area contributed by atoms with Crippen molar-refractivity contribution in [2.75, 3.05) is 12.3 Å². The maximum absolute atomic E-state index is 10.2. The molecule has 0 radical (unpaired) electrons. The van der Waals surface area contributed by atoms with Gasteiger partial charge in [-0.2, -0.15) is 0 Å². The number of aromatic nitrogens is 4. The van der Waals surface area contributed by atoms with E-state index in [4.69, 9.17) is 22.1 Å². The minimum absolute atomic E-state index is 0.0704. The summed E-state index contributed by atoms with van der Waals surface area (Å²) >= 11 is 9.29. The number of fused-ring (bicyclic) bond motifs is 1. The Kier molecular flexibility index (Phi) is 3.55. The van der Waals surface area contributed by atoms with Crippen LogP contribution in [-0.2, 0) is 9.37 Å². The molecular weight excluding hydrogens is 369 g/mol. The molecule has 2 aromatic heterocycles. The third-order valence-corrected chi connectivity index (χ3v) is 4.57. The molecule has 0 unspecified atom stereocenters. The zero-order valence-electron chi connectivity index (χ0n) is 10.4. The lowest BCUT2D eigenvalue weighted by Crippen LogP contribution is -2.41. The van der Waals surface area contributed by atoms with Gasteiger partial charge in [0.1, 0.15) is 24.6 Å². The molecular formula is C10H11BrClN5O4. The van der Waals surface area contributed by atoms with Gasteiger partial charge in [-0.3, -0.25) is 4.57 Å². The summed E-state index contributed by atoms with van der Waals surface area (Å²) in [6.45, 7) is -0.479. The fourth-order valence-electron chi connectivity index (χ4n) is 2.25. The molecule has 1 aliphatic heterocycles. The number of nitrogen functional groups attached to an aromatic ring is 1. The number of nitrogens with two attached hydrogens (primary N) is 1. The molecule has 21 heavy (non-hydrogen) atoms. The van der Waals surface area contributed by atoms with Gasteiger partial charge in [0, 0.05) is 0 Å². The molecule has 1 aliphatic rings. The Morgan fingerprint density at radius 3 is 2.81 bits per heavy atom. The van der Waals surface area contributed by atoms with E-state index in [2.05, 4.69) is 30.9 Å². The molecule has 3 heterocycles. The van der Waals surface area contributed by atoms with Crippen molar-refractivity contribution < 1.29 is 20.1 Å². The van der Waals surface area contributed by atoms with Crippen LogP contribution in [0.2, 0.25) is 5.28 Å². The fraction of sp³-hybridized carbons (Fsp3) is 0.500. The summed E-state index contributed by atoms with van der Waals surface area (Å²) in [5.41, 5.74) is 6.15. The second kappa shape index (κ2) is 5.00. The molecule has 0 spiro atoms. The third kappa shape index (κ3) is 2.02. The lowest BCUT2D eigenvalue weighted by atomic mass is 10.1. The van der Waals surface area contributed by atoms with Crippen LogP contribution in [0, 0.1) is 0 Å². The predicted octanol–water partition coefficient (Wildman–Crippen LogP) is -0.820. The molecule has 0 aliphatic carbocycles. The highest BCUT2D eigenvalue weighted by atomic mass is 79.9. The van der Waals surface area contributed by atoms with E-state index in [-0.39, 0.29) is 22.3 Å². The molecule has 3 rings (SSSR count). The number of aliphatic hydroxyl groups is 3. The first kappa shape index (κ1) is 14.9. The van der Waals surface area contributed by atoms with Crippen molar-refractivity contribution in [3.63, 3.8) is 0 Å². The zero-order valence-corrected chi connectivity index (χ0v) is 12.7. The van der Waals surface area contributed by atoms with E-state index in [0.29, 0.717) is 0 Å². The van der Waals surface area contributed by atoms with Gasteiger partial charge in [0.15, 0.2) is 17.0 Å². The summed E-state index contributed by atoms with van der Waals surface area (Å²) in [7, 11) is 0. The second-order valence-corrected chi connectivity index (χ2v) is 6.00. The van der Waals surface area contributed by atoms with Crippen molar-refractivity contribution in [1.82, 2.24) is 19.5 Å². The molecule has 9 nitrogen and oxygen atoms in total. The number of hydrogen-bond donors (Lipinski definition) is 4. The van der Waals surface area contributed by atoms with Crippen LogP contribution in [0.3, 0.4) is 0 Å². The number of imidazole rings is 1. The molecule has 114 valence electrons. The summed E-state index contributed by atoms with van der Waals surface area (Å²) in [6, 6.07) is 0. The van der Waals surface area contributed by atoms with Gasteiger partial charge in [-0.05, 0) is 27.5 Å². The smallest absolute Gasteiger partial charge is 0.235 e. The molecule has 1 saturated heterocycles. The number of halogens is 2. The molecule has 11 heteroatoms. The Bertz CT molecular complexity index is 699. The van der Waals surface area contributed by atoms with Crippen molar-refractivity contribution in [2.24, 2.45) is 0 Å². The first-order valence-electron chi connectivity index (χ1n) is 5.88. The SMILES string of the molecule is Nc1ncnc2c1nc(Cl)n2[C@]1(Br)O[C@H](CO)[C@@H](O)[C@H]1O. The van der Waals surface area contributed by atoms with Crippen LogP contribution in [0.1, 0.15) is 0 Å². The van der Waals surface area contributed by atoms with Gasteiger partial charge in [-0.1, -0.05) is 0 Å². The maximum atomic E-state index is 10.2. The third-order valence-electron chi connectivity index (χ3n) is 3.30. The molecule has 0 aromatic carbocycles. The van der Waals surface area contributed by atoms with Gasteiger partial charge in [-0.15, -0.1) is 0 Å². The highest BCUT2D eigenvalue weighted by Gasteiger charge is 2.55. The van der Waals surface area contributed by atoms with E-state index in [1.807, 2.05) is 0 Å². The summed E-state index contributed by atoms with van der Waals surface area (Å²) in [6.07, 6.45) is -2.51. The number of ether oxygens (including phenoxy) is 1. The number of hydrogen-bond acceptors (Lipinski definition) is 8. The summed E-state index contributed by atoms with van der Waals surface area (Å²) in [4.78, 5) is 11.8. The van der Waals surface area contributed by atoms with Crippen LogP contribution >= 0.6 is 27.5 Å². The zero-order chi connectivity index (χ0) is 15.4. The van der Waals surface area contributed by atoms with Crippen molar-refractivity contribution in [1.29, 1.82) is 0 Å². The minimum Gasteiger partial charge on any atom is -0.394 e. The molecule has 4 atom stereocenters. The van der Waals surface area contributed by atoms with Crippen LogP contribution in [0.25, 0.3) is 11.2 Å². The molecule has 2 aromatic rings. The van der Waals surface area contributed by atoms with Crippen LogP contribution in [0.4, 0.5) is 5.82 Å². The van der Waals surface area contributed by atoms with Crippen LogP contribution in [-0.4, -0.2) is 59.8 Å². The Labute approximate surface area is 131 Å². The van der Waals surface area contributed by atoms with E-state index >= 15 is 0 Å². The van der Waals surface area contributed by atoms with Crippen LogP contribution in [0.5, 0.6) is 0 Å². The van der Waals surface area contributed by atoms with Gasteiger partial charge < -0.3 is 25.8 Å². The summed E-state index contributed by atoms with van der Waals surface area (Å²) in [5.74, 6) is 0.114. The van der Waals surface area contributed by atoms with Crippen LogP contribution in [0.15, 0.2) is 6.33 Å². The number of anilines is 1. The quantitative estimate of drug-likeness (QED) is 0.391. The number of alkyl halides is 1. The predicted molar refractivity (Wildman–Crippen MR) is 75.6 cm³/mol. The Balaban J connectivity index is 2.21. The molecule has 1 fully saturated rings. The number of aliphatic hydroxyl groups excluding tert-OH is 3. The topological polar surface area (TPSA) is 140 Å². The van der Waals surface area contributed by atoms with Crippen LogP contribution < -0.4 is 5.73 Å². The first-order valence-corrected chi connectivity index (χ1v) is 7.06. The van der Waals surface area contributed by atoms with Gasteiger partial charge in [-0.25, -0.2) is 15.0 Å². The van der Waals surface area contributed by atoms with E-state index < -0.39 is 29.6 Å². The molecule has 0 saturated carbocycles. The lowest BCUT2D eigenvalue weighted by molar-refractivity contribution is -0.0721. The second-order valence-electron chi connectivity index (χ2n) is 4.53. The van der Waals surface area contributed by atoms with Crippen molar-refractivity contribution in [3.05, 3.63) is 11.6 Å². The highest BCUT2D eigenvalue weighted by Crippen LogP contribution is 2.44. The maximum Gasteiger partial charge on any atom is 0.235 e. The van der Waals surface area contributed by atoms with Gasteiger partial charge in [0.2, 0.25) is 9.92 Å². The number of nitrogens with zero attached hydrogens (tertiary/aromatic N) is 4. The number of rotatable bonds is 2. The standard InChI is InChI=1S/C10H11BrClN5O4/c11-10(6(20)5(19)3(1-18)21-10)17-8-4(16-9(17)12)7(13)14-2-15-8/h2-3,5-6,18-20H,1H2,(H2,13,14,15)/t3-,5-,6-,10+/m1/s1. The first-order chi connectivity index (χ1) is 9.90. The summed E-state index contributed by atoms with van der Waals surface area (Å²) < 4.78 is 5.11. The molecule has 0 bridgehead atoms. The average Bonchev–Trinajstić information content (AvgIpc) is 2.90. The molecule has 5 N–H and O–H groups in total. The normalized spacial score (nSPS) is 32.9. The van der Waals surface area contributed by atoms with Crippen molar-refractivity contribution >= 4 is 44.5 Å². The minimum atomic E-state index is -1.63.